The first-order valence-electron chi connectivity index (χ1n) is 7.39. The molecule has 3 aromatic rings. The Morgan fingerprint density at radius 1 is 1.14 bits per heavy atom. The van der Waals surface area contributed by atoms with Gasteiger partial charge in [0.1, 0.15) is 5.82 Å². The Morgan fingerprint density at radius 2 is 1.90 bits per heavy atom. The van der Waals surface area contributed by atoms with Gasteiger partial charge >= 0.3 is 0 Å². The van der Waals surface area contributed by atoms with Crippen molar-refractivity contribution in [3.63, 3.8) is 0 Å². The Labute approximate surface area is 130 Å². The highest BCUT2D eigenvalue weighted by molar-refractivity contribution is 6.31. The molecule has 3 heteroatoms. The van der Waals surface area contributed by atoms with Gasteiger partial charge in [-0.05, 0) is 29.7 Å². The largest absolute Gasteiger partial charge is 0.341 e. The van der Waals surface area contributed by atoms with Gasteiger partial charge in [-0.3, -0.25) is 0 Å². The van der Waals surface area contributed by atoms with Crippen LogP contribution in [0, 0.1) is 5.92 Å². The number of imidazole rings is 1. The van der Waals surface area contributed by atoms with E-state index in [2.05, 4.69) is 49.2 Å². The smallest absolute Gasteiger partial charge is 0.115 e. The lowest BCUT2D eigenvalue weighted by Crippen LogP contribution is -2.12. The van der Waals surface area contributed by atoms with E-state index in [0.29, 0.717) is 5.92 Å². The van der Waals surface area contributed by atoms with Gasteiger partial charge in [-0.25, -0.2) is 4.98 Å². The van der Waals surface area contributed by atoms with Gasteiger partial charge in [-0.2, -0.15) is 0 Å². The van der Waals surface area contributed by atoms with Crippen LogP contribution in [0.5, 0.6) is 0 Å². The Morgan fingerprint density at radius 3 is 2.62 bits per heavy atom. The first-order valence-corrected chi connectivity index (χ1v) is 7.77. The Hall–Kier alpha value is -1.80. The summed E-state index contributed by atoms with van der Waals surface area (Å²) in [5.41, 5.74) is 3.28. The number of aromatic nitrogens is 2. The van der Waals surface area contributed by atoms with Gasteiger partial charge < -0.3 is 4.98 Å². The zero-order valence-corrected chi connectivity index (χ0v) is 13.1. The molecule has 0 saturated carbocycles. The molecule has 0 saturated heterocycles. The van der Waals surface area contributed by atoms with Gasteiger partial charge in [-0.15, -0.1) is 0 Å². The number of nitrogens with one attached hydrogen (secondary N) is 1. The Bertz CT molecular complexity index is 733. The van der Waals surface area contributed by atoms with Crippen molar-refractivity contribution in [3.8, 4) is 0 Å². The van der Waals surface area contributed by atoms with Crippen molar-refractivity contribution in [2.45, 2.75) is 26.2 Å². The van der Waals surface area contributed by atoms with Crippen LogP contribution in [0.25, 0.3) is 11.0 Å². The molecule has 1 aromatic heterocycles. The zero-order chi connectivity index (χ0) is 14.8. The average molecular weight is 299 g/mol. The third-order valence-corrected chi connectivity index (χ3v) is 4.36. The molecular weight excluding hydrogens is 280 g/mol. The molecule has 1 N–H and O–H groups in total. The van der Waals surface area contributed by atoms with Gasteiger partial charge in [0.25, 0.3) is 0 Å². The highest BCUT2D eigenvalue weighted by atomic mass is 35.5. The van der Waals surface area contributed by atoms with E-state index in [4.69, 9.17) is 16.6 Å². The van der Waals surface area contributed by atoms with E-state index < -0.39 is 0 Å². The first-order chi connectivity index (χ1) is 10.2. The van der Waals surface area contributed by atoms with Crippen LogP contribution >= 0.6 is 11.6 Å². The minimum absolute atomic E-state index is 0.280. The van der Waals surface area contributed by atoms with Gasteiger partial charge in [0.05, 0.1) is 11.0 Å². The summed E-state index contributed by atoms with van der Waals surface area (Å²) in [6.07, 6.45) is 1.11. The molecule has 108 valence electrons. The fourth-order valence-electron chi connectivity index (χ4n) is 2.80. The van der Waals surface area contributed by atoms with E-state index in [-0.39, 0.29) is 5.92 Å². The number of hydrogen-bond acceptors (Lipinski definition) is 1. The Balaban J connectivity index is 2.10. The van der Waals surface area contributed by atoms with E-state index in [1.807, 2.05) is 18.2 Å². The van der Waals surface area contributed by atoms with E-state index in [1.54, 1.807) is 0 Å². The zero-order valence-electron chi connectivity index (χ0n) is 12.3. The second-order valence-corrected chi connectivity index (χ2v) is 5.99. The lowest BCUT2D eigenvalue weighted by atomic mass is 9.85. The summed E-state index contributed by atoms with van der Waals surface area (Å²) >= 11 is 6.07. The number of fused-ring (bicyclic) bond motifs is 1. The summed E-state index contributed by atoms with van der Waals surface area (Å²) in [6.45, 7) is 4.50. The van der Waals surface area contributed by atoms with E-state index in [0.717, 1.165) is 28.3 Å². The molecule has 2 atom stereocenters. The third kappa shape index (κ3) is 2.81. The van der Waals surface area contributed by atoms with Crippen molar-refractivity contribution in [2.75, 3.05) is 0 Å². The molecular formula is C18H19ClN2. The first kappa shape index (κ1) is 14.2. The number of nitrogens with zero attached hydrogens (tertiary/aromatic N) is 1. The molecule has 21 heavy (non-hydrogen) atoms. The fraction of sp³-hybridized carbons (Fsp3) is 0.278. The number of halogens is 1. The maximum Gasteiger partial charge on any atom is 0.115 e. The molecule has 2 nitrogen and oxygen atoms in total. The lowest BCUT2D eigenvalue weighted by molar-refractivity contribution is 0.482. The minimum Gasteiger partial charge on any atom is -0.341 e. The number of rotatable bonds is 4. The number of H-pyrrole nitrogens is 1. The molecule has 0 aliphatic rings. The summed E-state index contributed by atoms with van der Waals surface area (Å²) in [5.74, 6) is 1.82. The fourth-order valence-corrected chi connectivity index (χ4v) is 2.97. The normalized spacial score (nSPS) is 14.2. The van der Waals surface area contributed by atoms with Gasteiger partial charge in [0.2, 0.25) is 0 Å². The third-order valence-electron chi connectivity index (χ3n) is 4.13. The van der Waals surface area contributed by atoms with E-state index >= 15 is 0 Å². The number of aromatic amines is 1. The van der Waals surface area contributed by atoms with Crippen LogP contribution in [0.15, 0.2) is 48.5 Å². The molecule has 0 amide bonds. The molecule has 3 rings (SSSR count). The molecule has 0 fully saturated rings. The minimum atomic E-state index is 0.280. The monoisotopic (exact) mass is 298 g/mol. The molecule has 0 radical (unpaired) electrons. The predicted octanol–water partition coefficient (Wildman–Crippen LogP) is 5.39. The maximum absolute atomic E-state index is 6.07. The number of benzene rings is 2. The summed E-state index contributed by atoms with van der Waals surface area (Å²) in [7, 11) is 0. The van der Waals surface area contributed by atoms with Crippen LogP contribution in [0.4, 0.5) is 0 Å². The van der Waals surface area contributed by atoms with Crippen molar-refractivity contribution in [1.82, 2.24) is 9.97 Å². The van der Waals surface area contributed by atoms with E-state index in [9.17, 15) is 0 Å². The van der Waals surface area contributed by atoms with Crippen LogP contribution in [0.1, 0.15) is 37.6 Å². The van der Waals surface area contributed by atoms with Gasteiger partial charge in [0.15, 0.2) is 0 Å². The van der Waals surface area contributed by atoms with Crippen molar-refractivity contribution < 1.29 is 0 Å². The highest BCUT2D eigenvalue weighted by Gasteiger charge is 2.23. The van der Waals surface area contributed by atoms with E-state index in [1.165, 1.54) is 5.56 Å². The topological polar surface area (TPSA) is 28.7 Å². The Kier molecular flexibility index (Phi) is 3.98. The summed E-state index contributed by atoms with van der Waals surface area (Å²) in [5, 5.41) is 0.734. The van der Waals surface area contributed by atoms with Crippen LogP contribution in [0.3, 0.4) is 0 Å². The summed E-state index contributed by atoms with van der Waals surface area (Å²) in [6, 6.07) is 16.4. The van der Waals surface area contributed by atoms with Gasteiger partial charge in [0, 0.05) is 10.9 Å². The van der Waals surface area contributed by atoms with Crippen molar-refractivity contribution >= 4 is 22.6 Å². The second-order valence-electron chi connectivity index (χ2n) is 5.56. The molecule has 0 bridgehead atoms. The quantitative estimate of drug-likeness (QED) is 0.687. The SMILES string of the molecule is CCC(C)C(c1ccccc1)c1nc2ccc(Cl)cc2[nH]1. The molecule has 0 aliphatic heterocycles. The van der Waals surface area contributed by atoms with Crippen LogP contribution in [0.2, 0.25) is 5.02 Å². The lowest BCUT2D eigenvalue weighted by Gasteiger charge is -2.21. The summed E-state index contributed by atoms with van der Waals surface area (Å²) < 4.78 is 0. The van der Waals surface area contributed by atoms with Crippen molar-refractivity contribution in [2.24, 2.45) is 5.92 Å². The number of hydrogen-bond donors (Lipinski definition) is 1. The molecule has 2 aromatic carbocycles. The highest BCUT2D eigenvalue weighted by Crippen LogP contribution is 2.33. The summed E-state index contributed by atoms with van der Waals surface area (Å²) in [4.78, 5) is 8.24. The predicted molar refractivity (Wildman–Crippen MR) is 88.8 cm³/mol. The van der Waals surface area contributed by atoms with Crippen LogP contribution < -0.4 is 0 Å². The molecule has 0 spiro atoms. The maximum atomic E-state index is 6.07. The van der Waals surface area contributed by atoms with Crippen LogP contribution in [-0.2, 0) is 0 Å². The molecule has 2 unspecified atom stereocenters. The van der Waals surface area contributed by atoms with Crippen molar-refractivity contribution in [3.05, 3.63) is 64.9 Å². The van der Waals surface area contributed by atoms with Crippen LogP contribution in [-0.4, -0.2) is 9.97 Å². The second kappa shape index (κ2) is 5.90. The standard InChI is InChI=1S/C18H19ClN2/c1-3-12(2)17(13-7-5-4-6-8-13)18-20-15-10-9-14(19)11-16(15)21-18/h4-12,17H,3H2,1-2H3,(H,20,21). The molecule has 1 heterocycles. The van der Waals surface area contributed by atoms with Gasteiger partial charge in [-0.1, -0.05) is 62.2 Å². The molecule has 0 aliphatic carbocycles. The average Bonchev–Trinajstić information content (AvgIpc) is 2.90. The van der Waals surface area contributed by atoms with Crippen molar-refractivity contribution in [1.29, 1.82) is 0 Å².